The number of anilines is 1. The van der Waals surface area contributed by atoms with Gasteiger partial charge in [-0.3, -0.25) is 14.3 Å². The van der Waals surface area contributed by atoms with Gasteiger partial charge >= 0.3 is 6.09 Å². The number of hydrogen-bond donors (Lipinski definition) is 3. The number of ether oxygens (including phenoxy) is 1. The molecule has 10 heteroatoms. The number of aromatic nitrogens is 2. The van der Waals surface area contributed by atoms with Gasteiger partial charge in [-0.25, -0.2) is 4.79 Å². The van der Waals surface area contributed by atoms with Crippen molar-refractivity contribution in [3.8, 4) is 28.8 Å². The summed E-state index contributed by atoms with van der Waals surface area (Å²) in [6.45, 7) is 7.61. The zero-order valence-electron chi connectivity index (χ0n) is 27.9. The fourth-order valence-electron chi connectivity index (χ4n) is 5.61. The smallest absolute Gasteiger partial charge is 0.408 e. The van der Waals surface area contributed by atoms with E-state index in [0.717, 1.165) is 24.0 Å². The molecule has 0 bridgehead atoms. The topological polar surface area (TPSA) is 126 Å². The number of hydrogen-bond acceptors (Lipinski definition) is 6. The van der Waals surface area contributed by atoms with Gasteiger partial charge in [0.25, 0.3) is 5.91 Å². The number of nitrogens with zero attached hydrogens (tertiary/aromatic N) is 3. The molecule has 1 unspecified atom stereocenters. The van der Waals surface area contributed by atoms with Crippen molar-refractivity contribution in [2.24, 2.45) is 7.05 Å². The molecule has 5 rings (SSSR count). The molecule has 2 heterocycles. The van der Waals surface area contributed by atoms with Crippen molar-refractivity contribution < 1.29 is 24.2 Å². The van der Waals surface area contributed by atoms with E-state index in [1.54, 1.807) is 86.1 Å². The first-order chi connectivity index (χ1) is 22.9. The number of phenols is 1. The van der Waals surface area contributed by atoms with Crippen LogP contribution in [0.3, 0.4) is 0 Å². The second-order valence-electron chi connectivity index (χ2n) is 12.9. The molecule has 1 fully saturated rings. The van der Waals surface area contributed by atoms with Crippen LogP contribution in [0.5, 0.6) is 5.75 Å². The first-order valence-electron chi connectivity index (χ1n) is 16.0. The maximum Gasteiger partial charge on any atom is 0.408 e. The molecular weight excluding hydrogens is 606 g/mol. The standard InChI is InChI=1S/C38H41N5O5/c1-25-14-21-32(44)30(23-25)33-28(24-42(5)41-33)18-15-26-16-19-29(20-17-26)39-35(45)31-13-9-10-22-43(31)36(46)34(27-11-7-6-8-12-27)40-37(47)48-38(2,3)4/h6-8,11-12,14,16-17,19-21,23-24,31,34,44H,9-10,13,22H2,1-5H3,(H,39,45)(H,40,47)/t31-,34?/m0/s1. The van der Waals surface area contributed by atoms with E-state index in [9.17, 15) is 19.5 Å². The highest BCUT2D eigenvalue weighted by Gasteiger charge is 2.37. The molecule has 1 aromatic heterocycles. The van der Waals surface area contributed by atoms with Crippen LogP contribution in [0.25, 0.3) is 11.3 Å². The zero-order valence-corrected chi connectivity index (χ0v) is 27.9. The number of rotatable bonds is 6. The van der Waals surface area contributed by atoms with Gasteiger partial charge in [0, 0.05) is 36.6 Å². The van der Waals surface area contributed by atoms with Gasteiger partial charge in [0.1, 0.15) is 29.1 Å². The number of likely N-dealkylation sites (tertiary alicyclic amines) is 1. The molecule has 3 N–H and O–H groups in total. The maximum atomic E-state index is 14.0. The Hall–Kier alpha value is -5.56. The largest absolute Gasteiger partial charge is 0.507 e. The van der Waals surface area contributed by atoms with Gasteiger partial charge in [-0.1, -0.05) is 53.8 Å². The van der Waals surface area contributed by atoms with Crippen LogP contribution in [0, 0.1) is 18.8 Å². The van der Waals surface area contributed by atoms with Crippen molar-refractivity contribution in [3.63, 3.8) is 0 Å². The second kappa shape index (κ2) is 14.5. The number of aromatic hydroxyl groups is 1. The fraction of sp³-hybridized carbons (Fsp3) is 0.316. The van der Waals surface area contributed by atoms with Gasteiger partial charge in [-0.05, 0) is 88.9 Å². The Morgan fingerprint density at radius 1 is 1.00 bits per heavy atom. The average Bonchev–Trinajstić information content (AvgIpc) is 3.43. The molecule has 3 aromatic carbocycles. The first kappa shape index (κ1) is 33.8. The Morgan fingerprint density at radius 3 is 2.44 bits per heavy atom. The number of phenolic OH excluding ortho intramolecular Hbond substituents is 1. The molecule has 0 aliphatic carbocycles. The van der Waals surface area contributed by atoms with E-state index in [4.69, 9.17) is 4.74 Å². The minimum absolute atomic E-state index is 0.135. The van der Waals surface area contributed by atoms with Crippen LogP contribution in [-0.2, 0) is 21.4 Å². The lowest BCUT2D eigenvalue weighted by atomic mass is 9.98. The maximum absolute atomic E-state index is 14.0. The van der Waals surface area contributed by atoms with Crippen molar-refractivity contribution in [2.45, 2.75) is 64.6 Å². The minimum Gasteiger partial charge on any atom is -0.507 e. The molecule has 2 atom stereocenters. The number of benzene rings is 3. The summed E-state index contributed by atoms with van der Waals surface area (Å²) >= 11 is 0. The number of carbonyl (C=O) groups excluding carboxylic acids is 3. The molecule has 248 valence electrons. The number of carbonyl (C=O) groups is 3. The van der Waals surface area contributed by atoms with Crippen molar-refractivity contribution in [2.75, 3.05) is 11.9 Å². The van der Waals surface area contributed by atoms with E-state index in [0.29, 0.717) is 41.0 Å². The van der Waals surface area contributed by atoms with E-state index >= 15 is 0 Å². The lowest BCUT2D eigenvalue weighted by Crippen LogP contribution is -2.53. The van der Waals surface area contributed by atoms with Crippen LogP contribution < -0.4 is 10.6 Å². The van der Waals surface area contributed by atoms with Crippen LogP contribution in [0.1, 0.15) is 68.3 Å². The van der Waals surface area contributed by atoms with Gasteiger partial charge in [0.15, 0.2) is 0 Å². The van der Waals surface area contributed by atoms with Gasteiger partial charge in [0.05, 0.1) is 5.56 Å². The van der Waals surface area contributed by atoms with Crippen molar-refractivity contribution in [1.29, 1.82) is 0 Å². The van der Waals surface area contributed by atoms with Crippen LogP contribution in [0.15, 0.2) is 79.0 Å². The summed E-state index contributed by atoms with van der Waals surface area (Å²) in [6.07, 6.45) is 3.14. The highest BCUT2D eigenvalue weighted by atomic mass is 16.6. The fourth-order valence-corrected chi connectivity index (χ4v) is 5.61. The third-order valence-electron chi connectivity index (χ3n) is 7.86. The van der Waals surface area contributed by atoms with Crippen molar-refractivity contribution >= 4 is 23.6 Å². The normalized spacial score (nSPS) is 15.1. The predicted molar refractivity (Wildman–Crippen MR) is 184 cm³/mol. The third kappa shape index (κ3) is 8.42. The molecule has 1 saturated heterocycles. The molecule has 0 spiro atoms. The zero-order chi connectivity index (χ0) is 34.4. The van der Waals surface area contributed by atoms with Crippen molar-refractivity contribution in [1.82, 2.24) is 20.0 Å². The third-order valence-corrected chi connectivity index (χ3v) is 7.86. The summed E-state index contributed by atoms with van der Waals surface area (Å²) in [5.74, 6) is 5.77. The van der Waals surface area contributed by atoms with Crippen molar-refractivity contribution in [3.05, 3.63) is 101 Å². The molecular formula is C38H41N5O5. The van der Waals surface area contributed by atoms with Gasteiger partial charge in [0.2, 0.25) is 5.91 Å². The SMILES string of the molecule is Cc1ccc(O)c(-c2nn(C)cc2C#Cc2ccc(NC(=O)[C@@H]3CCCCN3C(=O)C(NC(=O)OC(C)(C)C)c3ccccc3)cc2)c1. The highest BCUT2D eigenvalue weighted by Crippen LogP contribution is 2.31. The van der Waals surface area contributed by atoms with E-state index in [1.165, 1.54) is 0 Å². The van der Waals surface area contributed by atoms with E-state index in [-0.39, 0.29) is 17.6 Å². The van der Waals surface area contributed by atoms with Crippen LogP contribution in [0.2, 0.25) is 0 Å². The summed E-state index contributed by atoms with van der Waals surface area (Å²) in [5.41, 5.74) is 4.04. The van der Waals surface area contributed by atoms with E-state index in [2.05, 4.69) is 27.6 Å². The van der Waals surface area contributed by atoms with Crippen LogP contribution >= 0.6 is 0 Å². The predicted octanol–water partition coefficient (Wildman–Crippen LogP) is 6.09. The second-order valence-corrected chi connectivity index (χ2v) is 12.9. The minimum atomic E-state index is -1.01. The summed E-state index contributed by atoms with van der Waals surface area (Å²) in [6, 6.07) is 19.8. The van der Waals surface area contributed by atoms with E-state index in [1.807, 2.05) is 37.3 Å². The summed E-state index contributed by atoms with van der Waals surface area (Å²) in [4.78, 5) is 41.9. The number of piperidine rings is 1. The molecule has 1 aliphatic heterocycles. The van der Waals surface area contributed by atoms with E-state index < -0.39 is 23.8 Å². The summed E-state index contributed by atoms with van der Waals surface area (Å²) < 4.78 is 7.11. The lowest BCUT2D eigenvalue weighted by molar-refractivity contribution is -0.142. The molecule has 4 aromatic rings. The van der Waals surface area contributed by atoms with Gasteiger partial charge in [-0.2, -0.15) is 5.10 Å². The molecule has 0 saturated carbocycles. The van der Waals surface area contributed by atoms with Crippen LogP contribution in [0.4, 0.5) is 10.5 Å². The Labute approximate surface area is 281 Å². The molecule has 0 radical (unpaired) electrons. The molecule has 48 heavy (non-hydrogen) atoms. The Kier molecular flexibility index (Phi) is 10.2. The van der Waals surface area contributed by atoms with Gasteiger partial charge < -0.3 is 25.4 Å². The molecule has 1 aliphatic rings. The van der Waals surface area contributed by atoms with Gasteiger partial charge in [-0.15, -0.1) is 0 Å². The number of alkyl carbamates (subject to hydrolysis) is 1. The number of aryl methyl sites for hydroxylation is 2. The Bertz CT molecular complexity index is 1850. The first-order valence-corrected chi connectivity index (χ1v) is 16.0. The summed E-state index contributed by atoms with van der Waals surface area (Å²) in [7, 11) is 1.80. The number of amides is 3. The van der Waals surface area contributed by atoms with Crippen LogP contribution in [-0.4, -0.2) is 55.9 Å². The molecule has 3 amide bonds. The number of nitrogens with one attached hydrogen (secondary N) is 2. The monoisotopic (exact) mass is 647 g/mol. The Balaban J connectivity index is 1.30. The Morgan fingerprint density at radius 2 is 1.73 bits per heavy atom. The lowest BCUT2D eigenvalue weighted by Gasteiger charge is -2.37. The quantitative estimate of drug-likeness (QED) is 0.218. The average molecular weight is 648 g/mol. The highest BCUT2D eigenvalue weighted by molar-refractivity contribution is 5.98. The summed E-state index contributed by atoms with van der Waals surface area (Å²) in [5, 5.41) is 20.6. The molecule has 10 nitrogen and oxygen atoms in total.